The summed E-state index contributed by atoms with van der Waals surface area (Å²) in [4.78, 5) is 0.201. The number of hydrogen-bond acceptors (Lipinski definition) is 4. The number of nitrogens with two attached hydrogens (primary N) is 1. The molecule has 0 aliphatic heterocycles. The molecule has 8 heteroatoms. The van der Waals surface area contributed by atoms with Crippen molar-refractivity contribution in [3.05, 3.63) is 28.8 Å². The second-order valence-corrected chi connectivity index (χ2v) is 7.48. The van der Waals surface area contributed by atoms with Crippen LogP contribution in [0.2, 0.25) is 5.02 Å². The second kappa shape index (κ2) is 8.05. The van der Waals surface area contributed by atoms with Gasteiger partial charge in [0.2, 0.25) is 10.0 Å². The monoisotopic (exact) mass is 350 g/mol. The van der Waals surface area contributed by atoms with Crippen LogP contribution in [0.3, 0.4) is 0 Å². The fourth-order valence-corrected chi connectivity index (χ4v) is 3.63. The highest BCUT2D eigenvalue weighted by Crippen LogP contribution is 2.25. The smallest absolute Gasteiger partial charge is 0.244 e. The maximum atomic E-state index is 12.4. The molecule has 21 heavy (non-hydrogen) atoms. The Hall–Kier alpha value is -0.730. The molecule has 0 heterocycles. The highest BCUT2D eigenvalue weighted by Gasteiger charge is 2.23. The number of benzene rings is 1. The van der Waals surface area contributed by atoms with Gasteiger partial charge in [-0.15, -0.1) is 0 Å². The lowest BCUT2D eigenvalue weighted by molar-refractivity contribution is 0.281. The summed E-state index contributed by atoms with van der Waals surface area (Å²) < 4.78 is 26.1. The van der Waals surface area contributed by atoms with Crippen molar-refractivity contribution in [2.45, 2.75) is 24.2 Å². The van der Waals surface area contributed by atoms with Crippen LogP contribution >= 0.6 is 23.8 Å². The highest BCUT2D eigenvalue weighted by atomic mass is 35.5. The van der Waals surface area contributed by atoms with Crippen molar-refractivity contribution in [3.63, 3.8) is 0 Å². The number of sulfonamides is 1. The number of aliphatic hydroxyl groups is 1. The van der Waals surface area contributed by atoms with E-state index in [1.54, 1.807) is 6.07 Å². The number of hydrogen-bond donors (Lipinski definition) is 2. The fourth-order valence-electron chi connectivity index (χ4n) is 1.77. The van der Waals surface area contributed by atoms with E-state index in [-0.39, 0.29) is 21.5 Å². The Kier molecular flexibility index (Phi) is 7.02. The van der Waals surface area contributed by atoms with Crippen molar-refractivity contribution in [3.8, 4) is 0 Å². The normalized spacial score (nSPS) is 11.8. The Morgan fingerprint density at radius 2 is 2.05 bits per heavy atom. The average molecular weight is 351 g/mol. The molecule has 0 unspecified atom stereocenters. The molecule has 118 valence electrons. The zero-order valence-corrected chi connectivity index (χ0v) is 14.1. The van der Waals surface area contributed by atoms with E-state index < -0.39 is 10.0 Å². The van der Waals surface area contributed by atoms with E-state index in [2.05, 4.69) is 0 Å². The third kappa shape index (κ3) is 4.89. The molecule has 0 amide bonds. The van der Waals surface area contributed by atoms with E-state index in [0.717, 1.165) is 6.42 Å². The molecule has 0 spiro atoms. The fraction of sp³-hybridized carbons (Fsp3) is 0.462. The van der Waals surface area contributed by atoms with Gasteiger partial charge in [0.05, 0.1) is 5.02 Å². The number of nitrogens with zero attached hydrogens (tertiary/aromatic N) is 1. The van der Waals surface area contributed by atoms with Crippen LogP contribution in [0, 0.1) is 0 Å². The molecule has 0 aliphatic rings. The third-order valence-electron chi connectivity index (χ3n) is 3.04. The summed E-state index contributed by atoms with van der Waals surface area (Å²) in [5.41, 5.74) is 6.02. The molecule has 0 fully saturated rings. The van der Waals surface area contributed by atoms with Crippen molar-refractivity contribution in [2.24, 2.45) is 5.73 Å². The summed E-state index contributed by atoms with van der Waals surface area (Å²) in [6.45, 7) is 0.485. The first-order valence-electron chi connectivity index (χ1n) is 6.47. The summed E-state index contributed by atoms with van der Waals surface area (Å²) in [6.07, 6.45) is 2.11. The SMILES string of the molecule is CN(CCCCCO)S(=O)(=O)c1ccc(C(N)=S)cc1Cl. The Morgan fingerprint density at radius 1 is 1.38 bits per heavy atom. The number of unbranched alkanes of at least 4 members (excludes halogenated alkanes) is 2. The molecule has 1 aromatic carbocycles. The van der Waals surface area contributed by atoms with Crippen LogP contribution in [0.4, 0.5) is 0 Å². The molecular weight excluding hydrogens is 332 g/mol. The van der Waals surface area contributed by atoms with Crippen molar-refractivity contribution >= 4 is 38.8 Å². The minimum absolute atomic E-state index is 0.0359. The Morgan fingerprint density at radius 3 is 2.57 bits per heavy atom. The van der Waals surface area contributed by atoms with E-state index in [1.165, 1.54) is 23.5 Å². The van der Waals surface area contributed by atoms with Crippen LogP contribution in [0.25, 0.3) is 0 Å². The van der Waals surface area contributed by atoms with Crippen LogP contribution in [0.1, 0.15) is 24.8 Å². The van der Waals surface area contributed by atoms with Gasteiger partial charge in [0.25, 0.3) is 0 Å². The van der Waals surface area contributed by atoms with Gasteiger partial charge in [-0.25, -0.2) is 12.7 Å². The molecule has 5 nitrogen and oxygen atoms in total. The minimum atomic E-state index is -3.64. The van der Waals surface area contributed by atoms with Crippen LogP contribution in [0.15, 0.2) is 23.1 Å². The van der Waals surface area contributed by atoms with Gasteiger partial charge in [-0.3, -0.25) is 0 Å². The molecule has 0 radical (unpaired) electrons. The summed E-state index contributed by atoms with van der Waals surface area (Å²) in [5.74, 6) is 0. The first-order valence-corrected chi connectivity index (χ1v) is 8.70. The lowest BCUT2D eigenvalue weighted by Crippen LogP contribution is -2.28. The molecule has 0 atom stereocenters. The zero-order valence-electron chi connectivity index (χ0n) is 11.8. The Labute approximate surface area is 135 Å². The number of rotatable bonds is 8. The molecule has 0 aliphatic carbocycles. The first-order chi connectivity index (χ1) is 9.80. The molecule has 3 N–H and O–H groups in total. The molecule has 0 bridgehead atoms. The Bertz CT molecular complexity index is 605. The molecule has 1 aromatic rings. The van der Waals surface area contributed by atoms with Crippen LogP contribution < -0.4 is 5.73 Å². The zero-order chi connectivity index (χ0) is 16.0. The van der Waals surface area contributed by atoms with E-state index >= 15 is 0 Å². The van der Waals surface area contributed by atoms with E-state index in [1.807, 2.05) is 0 Å². The van der Waals surface area contributed by atoms with Gasteiger partial charge in [-0.2, -0.15) is 0 Å². The summed E-state index contributed by atoms with van der Waals surface area (Å²) >= 11 is 10.9. The molecular formula is C13H19ClN2O3S2. The van der Waals surface area contributed by atoms with Crippen molar-refractivity contribution in [1.82, 2.24) is 4.31 Å². The maximum absolute atomic E-state index is 12.4. The van der Waals surface area contributed by atoms with E-state index in [4.69, 9.17) is 34.7 Å². The van der Waals surface area contributed by atoms with E-state index in [9.17, 15) is 8.42 Å². The standard InChI is InChI=1S/C13H19ClN2O3S2/c1-16(7-3-2-4-8-17)21(18,19)12-6-5-10(13(15)20)9-11(12)14/h5-6,9,17H,2-4,7-8H2,1H3,(H2,15,20). The predicted octanol–water partition coefficient (Wildman–Crippen LogP) is 1.76. The number of aliphatic hydroxyl groups excluding tert-OH is 1. The third-order valence-corrected chi connectivity index (χ3v) is 5.61. The van der Waals surface area contributed by atoms with Gasteiger partial charge >= 0.3 is 0 Å². The molecule has 0 saturated heterocycles. The van der Waals surface area contributed by atoms with Crippen LogP contribution in [-0.4, -0.2) is 43.0 Å². The van der Waals surface area contributed by atoms with Gasteiger partial charge in [0.15, 0.2) is 0 Å². The predicted molar refractivity (Wildman–Crippen MR) is 88.1 cm³/mol. The van der Waals surface area contributed by atoms with Crippen LogP contribution in [-0.2, 0) is 10.0 Å². The number of thiocarbonyl (C=S) groups is 1. The molecule has 0 aromatic heterocycles. The van der Waals surface area contributed by atoms with Gasteiger partial charge < -0.3 is 10.8 Å². The Balaban J connectivity index is 2.89. The van der Waals surface area contributed by atoms with Gasteiger partial charge in [-0.05, 0) is 31.4 Å². The largest absolute Gasteiger partial charge is 0.396 e. The topological polar surface area (TPSA) is 83.6 Å². The number of halogens is 1. The second-order valence-electron chi connectivity index (χ2n) is 4.62. The maximum Gasteiger partial charge on any atom is 0.244 e. The van der Waals surface area contributed by atoms with Crippen molar-refractivity contribution in [1.29, 1.82) is 0 Å². The first kappa shape index (κ1) is 18.3. The highest BCUT2D eigenvalue weighted by molar-refractivity contribution is 7.89. The van der Waals surface area contributed by atoms with Crippen molar-refractivity contribution < 1.29 is 13.5 Å². The van der Waals surface area contributed by atoms with Gasteiger partial charge in [0.1, 0.15) is 9.88 Å². The quantitative estimate of drug-likeness (QED) is 0.551. The van der Waals surface area contributed by atoms with Gasteiger partial charge in [0, 0.05) is 25.8 Å². The molecule has 0 saturated carbocycles. The summed E-state index contributed by atoms with van der Waals surface area (Å²) in [7, 11) is -2.14. The summed E-state index contributed by atoms with van der Waals surface area (Å²) in [5, 5.41) is 8.81. The van der Waals surface area contributed by atoms with E-state index in [0.29, 0.717) is 24.9 Å². The lowest BCUT2D eigenvalue weighted by Gasteiger charge is -2.18. The average Bonchev–Trinajstić information content (AvgIpc) is 2.42. The summed E-state index contributed by atoms with van der Waals surface area (Å²) in [6, 6.07) is 4.41. The molecule has 1 rings (SSSR count). The van der Waals surface area contributed by atoms with Gasteiger partial charge in [-0.1, -0.05) is 29.9 Å². The van der Waals surface area contributed by atoms with Crippen LogP contribution in [0.5, 0.6) is 0 Å². The lowest BCUT2D eigenvalue weighted by atomic mass is 10.2. The van der Waals surface area contributed by atoms with Crippen molar-refractivity contribution in [2.75, 3.05) is 20.2 Å². The minimum Gasteiger partial charge on any atom is -0.396 e.